The Labute approximate surface area is 196 Å². The lowest BCUT2D eigenvalue weighted by molar-refractivity contribution is -0.123. The molecule has 1 amide bonds. The van der Waals surface area contributed by atoms with Gasteiger partial charge in [0.1, 0.15) is 5.75 Å². The molecule has 0 unspecified atom stereocenters. The molecule has 0 aromatic heterocycles. The van der Waals surface area contributed by atoms with E-state index < -0.39 is 0 Å². The Bertz CT molecular complexity index is 679. The lowest BCUT2D eigenvalue weighted by atomic mass is 10.1. The van der Waals surface area contributed by atoms with Crippen LogP contribution in [0.15, 0.2) is 23.2 Å². The zero-order valence-corrected chi connectivity index (χ0v) is 20.8. The Morgan fingerprint density at radius 1 is 1.28 bits per heavy atom. The van der Waals surface area contributed by atoms with Crippen molar-refractivity contribution >= 4 is 47.4 Å². The first kappa shape index (κ1) is 25.8. The normalized spacial score (nSPS) is 15.1. The molecule has 1 fully saturated rings. The predicted octanol–water partition coefficient (Wildman–Crippen LogP) is 2.23. The standard InChI is InChI=1S/C20H32ClN5O2.HI/c1-15(2)24-19(27)14-25-9-11-26(12-10-25)20(22-3)23-8-7-16-5-6-17(28-4)13-18(16)21;/h5-6,13,15H,7-12,14H2,1-4H3,(H,22,23)(H,24,27);1H. The molecule has 1 aromatic carbocycles. The first-order chi connectivity index (χ1) is 13.4. The summed E-state index contributed by atoms with van der Waals surface area (Å²) in [6, 6.07) is 5.92. The van der Waals surface area contributed by atoms with Gasteiger partial charge in [-0.1, -0.05) is 17.7 Å². The van der Waals surface area contributed by atoms with E-state index >= 15 is 0 Å². The van der Waals surface area contributed by atoms with Gasteiger partial charge in [-0.3, -0.25) is 14.7 Å². The summed E-state index contributed by atoms with van der Waals surface area (Å²) in [5, 5.41) is 7.07. The third-order valence-electron chi connectivity index (χ3n) is 4.64. The van der Waals surface area contributed by atoms with E-state index in [4.69, 9.17) is 16.3 Å². The summed E-state index contributed by atoms with van der Waals surface area (Å²) in [6.45, 7) is 8.53. The van der Waals surface area contributed by atoms with Crippen molar-refractivity contribution in [2.24, 2.45) is 4.99 Å². The van der Waals surface area contributed by atoms with Gasteiger partial charge >= 0.3 is 0 Å². The number of nitrogens with one attached hydrogen (secondary N) is 2. The molecule has 1 aliphatic rings. The van der Waals surface area contributed by atoms with Crippen LogP contribution in [0.3, 0.4) is 0 Å². The number of aliphatic imine (C=N–C) groups is 1. The number of ether oxygens (including phenoxy) is 1. The van der Waals surface area contributed by atoms with E-state index in [2.05, 4.69) is 25.4 Å². The number of amides is 1. The summed E-state index contributed by atoms with van der Waals surface area (Å²) in [5.74, 6) is 1.73. The van der Waals surface area contributed by atoms with Gasteiger partial charge in [0.15, 0.2) is 5.96 Å². The monoisotopic (exact) mass is 537 g/mol. The maximum absolute atomic E-state index is 11.9. The van der Waals surface area contributed by atoms with Crippen LogP contribution in [-0.2, 0) is 11.2 Å². The molecule has 29 heavy (non-hydrogen) atoms. The first-order valence-electron chi connectivity index (χ1n) is 9.72. The number of guanidine groups is 1. The van der Waals surface area contributed by atoms with Crippen LogP contribution in [0.25, 0.3) is 0 Å². The Hall–Kier alpha value is -1.26. The largest absolute Gasteiger partial charge is 0.497 e. The third kappa shape index (κ3) is 8.55. The van der Waals surface area contributed by atoms with E-state index in [1.165, 1.54) is 0 Å². The molecule has 2 rings (SSSR count). The van der Waals surface area contributed by atoms with Crippen molar-refractivity contribution in [2.75, 3.05) is 53.4 Å². The van der Waals surface area contributed by atoms with Gasteiger partial charge in [-0.05, 0) is 38.0 Å². The molecule has 0 atom stereocenters. The van der Waals surface area contributed by atoms with Crippen molar-refractivity contribution in [1.82, 2.24) is 20.4 Å². The van der Waals surface area contributed by atoms with E-state index in [0.717, 1.165) is 56.4 Å². The highest BCUT2D eigenvalue weighted by atomic mass is 127. The first-order valence-corrected chi connectivity index (χ1v) is 10.1. The van der Waals surface area contributed by atoms with Crippen molar-refractivity contribution in [1.29, 1.82) is 0 Å². The maximum atomic E-state index is 11.9. The van der Waals surface area contributed by atoms with E-state index in [-0.39, 0.29) is 35.9 Å². The number of benzene rings is 1. The van der Waals surface area contributed by atoms with Crippen LogP contribution < -0.4 is 15.4 Å². The topological polar surface area (TPSA) is 69.2 Å². The number of hydrogen-bond acceptors (Lipinski definition) is 4. The van der Waals surface area contributed by atoms with E-state index in [1.54, 1.807) is 14.2 Å². The fraction of sp³-hybridized carbons (Fsp3) is 0.600. The number of halogens is 2. The smallest absolute Gasteiger partial charge is 0.234 e. The van der Waals surface area contributed by atoms with Gasteiger partial charge in [-0.2, -0.15) is 0 Å². The summed E-state index contributed by atoms with van der Waals surface area (Å²) in [5.41, 5.74) is 1.08. The molecule has 2 N–H and O–H groups in total. The number of methoxy groups -OCH3 is 1. The van der Waals surface area contributed by atoms with Crippen LogP contribution in [0, 0.1) is 0 Å². The van der Waals surface area contributed by atoms with Gasteiger partial charge in [0.05, 0.1) is 13.7 Å². The minimum atomic E-state index is 0. The van der Waals surface area contributed by atoms with Crippen LogP contribution in [0.4, 0.5) is 0 Å². The third-order valence-corrected chi connectivity index (χ3v) is 4.99. The Morgan fingerprint density at radius 2 is 1.97 bits per heavy atom. The fourth-order valence-electron chi connectivity index (χ4n) is 3.19. The van der Waals surface area contributed by atoms with Crippen molar-refractivity contribution in [3.63, 3.8) is 0 Å². The second-order valence-electron chi connectivity index (χ2n) is 7.17. The highest BCUT2D eigenvalue weighted by molar-refractivity contribution is 14.0. The molecule has 0 bridgehead atoms. The molecule has 7 nitrogen and oxygen atoms in total. The summed E-state index contributed by atoms with van der Waals surface area (Å²) < 4.78 is 5.19. The second kappa shape index (κ2) is 13.1. The molecule has 164 valence electrons. The number of carbonyl (C=O) groups is 1. The average molecular weight is 538 g/mol. The number of nitrogens with zero attached hydrogens (tertiary/aromatic N) is 3. The second-order valence-corrected chi connectivity index (χ2v) is 7.57. The molecule has 0 aliphatic carbocycles. The molecule has 1 heterocycles. The highest BCUT2D eigenvalue weighted by Crippen LogP contribution is 2.22. The van der Waals surface area contributed by atoms with Gasteiger partial charge in [-0.15, -0.1) is 24.0 Å². The average Bonchev–Trinajstić information content (AvgIpc) is 2.66. The van der Waals surface area contributed by atoms with E-state index in [9.17, 15) is 4.79 Å². The van der Waals surface area contributed by atoms with Gasteiger partial charge in [0.2, 0.25) is 5.91 Å². The summed E-state index contributed by atoms with van der Waals surface area (Å²) in [7, 11) is 3.43. The van der Waals surface area contributed by atoms with Gasteiger partial charge in [-0.25, -0.2) is 0 Å². The van der Waals surface area contributed by atoms with E-state index in [0.29, 0.717) is 11.6 Å². The predicted molar refractivity (Wildman–Crippen MR) is 130 cm³/mol. The highest BCUT2D eigenvalue weighted by Gasteiger charge is 2.21. The fourth-order valence-corrected chi connectivity index (χ4v) is 3.45. The molecular formula is C20H33ClIN5O2. The minimum absolute atomic E-state index is 0. The van der Waals surface area contributed by atoms with Crippen molar-refractivity contribution in [3.05, 3.63) is 28.8 Å². The van der Waals surface area contributed by atoms with Crippen LogP contribution in [0.2, 0.25) is 5.02 Å². The zero-order chi connectivity index (χ0) is 20.5. The van der Waals surface area contributed by atoms with Crippen molar-refractivity contribution in [2.45, 2.75) is 26.3 Å². The Balaban J connectivity index is 0.00000420. The molecule has 1 aliphatic heterocycles. The van der Waals surface area contributed by atoms with Crippen molar-refractivity contribution < 1.29 is 9.53 Å². The molecule has 1 aromatic rings. The Morgan fingerprint density at radius 3 is 2.52 bits per heavy atom. The minimum Gasteiger partial charge on any atom is -0.497 e. The lowest BCUT2D eigenvalue weighted by Crippen LogP contribution is -2.54. The number of hydrogen-bond donors (Lipinski definition) is 2. The zero-order valence-electron chi connectivity index (χ0n) is 17.7. The Kier molecular flexibility index (Phi) is 11.7. The van der Waals surface area contributed by atoms with Gasteiger partial charge in [0.25, 0.3) is 0 Å². The summed E-state index contributed by atoms with van der Waals surface area (Å²) in [4.78, 5) is 20.7. The molecule has 1 saturated heterocycles. The van der Waals surface area contributed by atoms with Gasteiger partial charge in [0, 0.05) is 50.8 Å². The van der Waals surface area contributed by atoms with Crippen LogP contribution in [-0.4, -0.2) is 81.1 Å². The van der Waals surface area contributed by atoms with Gasteiger partial charge < -0.3 is 20.3 Å². The summed E-state index contributed by atoms with van der Waals surface area (Å²) >= 11 is 6.31. The van der Waals surface area contributed by atoms with Crippen molar-refractivity contribution in [3.8, 4) is 5.75 Å². The van der Waals surface area contributed by atoms with E-state index in [1.807, 2.05) is 32.0 Å². The molecule has 9 heteroatoms. The quantitative estimate of drug-likeness (QED) is 0.317. The van der Waals surface area contributed by atoms with Crippen LogP contribution in [0.1, 0.15) is 19.4 Å². The number of piperazine rings is 1. The molecule has 0 radical (unpaired) electrons. The maximum Gasteiger partial charge on any atom is 0.234 e. The number of rotatable bonds is 7. The molecule has 0 saturated carbocycles. The molecule has 0 spiro atoms. The SMILES string of the molecule is CN=C(NCCc1ccc(OC)cc1Cl)N1CCN(CC(=O)NC(C)C)CC1.I. The number of carbonyl (C=O) groups excluding carboxylic acids is 1. The van der Waals surface area contributed by atoms with Crippen LogP contribution in [0.5, 0.6) is 5.75 Å². The van der Waals surface area contributed by atoms with Crippen LogP contribution >= 0.6 is 35.6 Å². The molecular weight excluding hydrogens is 505 g/mol. The summed E-state index contributed by atoms with van der Waals surface area (Å²) in [6.07, 6.45) is 0.803. The lowest BCUT2D eigenvalue weighted by Gasteiger charge is -2.36.